The maximum Gasteiger partial charge on any atom is 0.266 e. The number of thiocarbonyl (C=S) groups is 1. The Balaban J connectivity index is 1.57. The number of nitrogens with zero attached hydrogens (tertiary/aromatic N) is 1. The van der Waals surface area contributed by atoms with Crippen LogP contribution in [0.3, 0.4) is 0 Å². The predicted octanol–water partition coefficient (Wildman–Crippen LogP) is 5.28. The van der Waals surface area contributed by atoms with Crippen LogP contribution < -0.4 is 0 Å². The minimum absolute atomic E-state index is 0.00358. The molecule has 4 rings (SSSR count). The summed E-state index contributed by atoms with van der Waals surface area (Å²) < 4.78 is 0.636. The largest absolute Gasteiger partial charge is 0.293 e. The fourth-order valence-electron chi connectivity index (χ4n) is 3.10. The van der Waals surface area contributed by atoms with Gasteiger partial charge >= 0.3 is 0 Å². The van der Waals surface area contributed by atoms with E-state index in [4.69, 9.17) is 12.2 Å². The van der Waals surface area contributed by atoms with Gasteiger partial charge in [0.2, 0.25) is 0 Å². The Morgan fingerprint density at radius 2 is 1.65 bits per heavy atom. The Kier molecular flexibility index (Phi) is 4.87. The molecule has 3 aromatic carbocycles. The average molecular weight is 376 g/mol. The van der Waals surface area contributed by atoms with Gasteiger partial charge in [0.15, 0.2) is 0 Å². The van der Waals surface area contributed by atoms with E-state index >= 15 is 0 Å². The molecule has 0 N–H and O–H groups in total. The Hall–Kier alpha value is -2.43. The van der Waals surface area contributed by atoms with Crippen LogP contribution in [0.2, 0.25) is 0 Å². The highest BCUT2D eigenvalue weighted by molar-refractivity contribution is 8.26. The van der Waals surface area contributed by atoms with Gasteiger partial charge in [-0.3, -0.25) is 9.69 Å². The van der Waals surface area contributed by atoms with E-state index in [-0.39, 0.29) is 5.91 Å². The molecule has 1 saturated heterocycles. The Morgan fingerprint density at radius 1 is 0.923 bits per heavy atom. The lowest BCUT2D eigenvalue weighted by Gasteiger charge is -2.14. The van der Waals surface area contributed by atoms with Crippen molar-refractivity contribution in [2.75, 3.05) is 6.54 Å². The molecule has 0 saturated carbocycles. The molecule has 0 radical (unpaired) electrons. The van der Waals surface area contributed by atoms with Crippen LogP contribution in [-0.4, -0.2) is 21.7 Å². The summed E-state index contributed by atoms with van der Waals surface area (Å²) in [5, 5.41) is 2.31. The van der Waals surface area contributed by atoms with E-state index in [1.165, 1.54) is 22.7 Å². The first-order valence-corrected chi connectivity index (χ1v) is 9.72. The van der Waals surface area contributed by atoms with Gasteiger partial charge in [-0.2, -0.15) is 0 Å². The van der Waals surface area contributed by atoms with Gasteiger partial charge in [-0.1, -0.05) is 96.8 Å². The quantitative estimate of drug-likeness (QED) is 0.457. The Labute approximate surface area is 162 Å². The molecular weight excluding hydrogens is 358 g/mol. The highest BCUT2D eigenvalue weighted by atomic mass is 32.2. The normalized spacial score (nSPS) is 16.0. The van der Waals surface area contributed by atoms with Crippen molar-refractivity contribution >= 4 is 51.1 Å². The van der Waals surface area contributed by atoms with E-state index in [0.717, 1.165) is 17.4 Å². The predicted molar refractivity (Wildman–Crippen MR) is 114 cm³/mol. The van der Waals surface area contributed by atoms with E-state index in [2.05, 4.69) is 30.3 Å². The highest BCUT2D eigenvalue weighted by Gasteiger charge is 2.31. The number of thioether (sulfide) groups is 1. The standard InChI is InChI=1S/C22H17NOS2/c24-21-20(15-18-11-6-10-17-9-4-5-12-19(17)18)26-22(25)23(21)14-13-16-7-2-1-3-8-16/h1-12,15H,13-14H2/b20-15+. The molecule has 0 spiro atoms. The van der Waals surface area contributed by atoms with Crippen LogP contribution in [0, 0.1) is 0 Å². The molecule has 1 amide bonds. The van der Waals surface area contributed by atoms with Crippen LogP contribution in [0.1, 0.15) is 11.1 Å². The van der Waals surface area contributed by atoms with E-state index < -0.39 is 0 Å². The number of carbonyl (C=O) groups is 1. The van der Waals surface area contributed by atoms with Crippen LogP contribution in [0.5, 0.6) is 0 Å². The van der Waals surface area contributed by atoms with Crippen molar-refractivity contribution in [3.8, 4) is 0 Å². The molecule has 3 aromatic rings. The second-order valence-corrected chi connectivity index (χ2v) is 7.81. The molecule has 1 fully saturated rings. The number of rotatable bonds is 4. The molecular formula is C22H17NOS2. The fourth-order valence-corrected chi connectivity index (χ4v) is 4.40. The average Bonchev–Trinajstić information content (AvgIpc) is 2.94. The van der Waals surface area contributed by atoms with Crippen molar-refractivity contribution in [2.24, 2.45) is 0 Å². The lowest BCUT2D eigenvalue weighted by atomic mass is 10.0. The molecule has 1 aliphatic heterocycles. The van der Waals surface area contributed by atoms with Crippen LogP contribution >= 0.6 is 24.0 Å². The van der Waals surface area contributed by atoms with E-state index in [1.54, 1.807) is 4.90 Å². The summed E-state index contributed by atoms with van der Waals surface area (Å²) in [5.41, 5.74) is 2.26. The molecule has 0 bridgehead atoms. The first kappa shape index (κ1) is 17.0. The highest BCUT2D eigenvalue weighted by Crippen LogP contribution is 2.33. The molecule has 1 aliphatic rings. The lowest BCUT2D eigenvalue weighted by Crippen LogP contribution is -2.30. The summed E-state index contributed by atoms with van der Waals surface area (Å²) in [6, 6.07) is 24.5. The van der Waals surface area contributed by atoms with Crippen molar-refractivity contribution in [1.82, 2.24) is 4.90 Å². The van der Waals surface area contributed by atoms with Gasteiger partial charge in [-0.25, -0.2) is 0 Å². The summed E-state index contributed by atoms with van der Waals surface area (Å²) >= 11 is 6.84. The van der Waals surface area contributed by atoms with Crippen LogP contribution in [0.25, 0.3) is 16.8 Å². The zero-order valence-corrected chi connectivity index (χ0v) is 15.7. The minimum atomic E-state index is 0.00358. The Morgan fingerprint density at radius 3 is 2.50 bits per heavy atom. The van der Waals surface area contributed by atoms with E-state index in [0.29, 0.717) is 15.8 Å². The molecule has 4 heteroatoms. The van der Waals surface area contributed by atoms with Gasteiger partial charge in [0, 0.05) is 6.54 Å². The van der Waals surface area contributed by atoms with Crippen LogP contribution in [0.15, 0.2) is 77.7 Å². The molecule has 0 aromatic heterocycles. The van der Waals surface area contributed by atoms with Gasteiger partial charge in [0.25, 0.3) is 5.91 Å². The number of carbonyl (C=O) groups excluding carboxylic acids is 1. The fraction of sp³-hybridized carbons (Fsp3) is 0.0909. The Bertz CT molecular complexity index is 1010. The summed E-state index contributed by atoms with van der Waals surface area (Å²) in [5.74, 6) is 0.00358. The van der Waals surface area contributed by atoms with E-state index in [9.17, 15) is 4.79 Å². The zero-order valence-electron chi connectivity index (χ0n) is 14.1. The van der Waals surface area contributed by atoms with Gasteiger partial charge < -0.3 is 0 Å². The number of amides is 1. The van der Waals surface area contributed by atoms with Crippen LogP contribution in [-0.2, 0) is 11.2 Å². The molecule has 128 valence electrons. The maximum absolute atomic E-state index is 12.8. The second-order valence-electron chi connectivity index (χ2n) is 6.14. The number of fused-ring (bicyclic) bond motifs is 1. The molecule has 0 atom stereocenters. The smallest absolute Gasteiger partial charge is 0.266 e. The summed E-state index contributed by atoms with van der Waals surface area (Å²) in [7, 11) is 0. The molecule has 2 nitrogen and oxygen atoms in total. The van der Waals surface area contributed by atoms with Crippen molar-refractivity contribution < 1.29 is 4.79 Å². The number of hydrogen-bond donors (Lipinski definition) is 0. The van der Waals surface area contributed by atoms with Crippen molar-refractivity contribution in [1.29, 1.82) is 0 Å². The van der Waals surface area contributed by atoms with Crippen LogP contribution in [0.4, 0.5) is 0 Å². The summed E-state index contributed by atoms with van der Waals surface area (Å²) in [4.78, 5) is 15.2. The van der Waals surface area contributed by atoms with E-state index in [1.807, 2.05) is 48.5 Å². The second kappa shape index (κ2) is 7.44. The number of benzene rings is 3. The topological polar surface area (TPSA) is 20.3 Å². The summed E-state index contributed by atoms with van der Waals surface area (Å²) in [6.45, 7) is 0.613. The first-order valence-electron chi connectivity index (χ1n) is 8.49. The molecule has 1 heterocycles. The summed E-state index contributed by atoms with van der Waals surface area (Å²) in [6.07, 6.45) is 2.76. The third kappa shape index (κ3) is 3.43. The van der Waals surface area contributed by atoms with Crippen molar-refractivity contribution in [3.63, 3.8) is 0 Å². The number of hydrogen-bond acceptors (Lipinski definition) is 3. The SMILES string of the molecule is O=C1/C(=C\c2cccc3ccccc23)SC(=S)N1CCc1ccccc1. The maximum atomic E-state index is 12.8. The first-order chi connectivity index (χ1) is 12.7. The van der Waals surface area contributed by atoms with Crippen molar-refractivity contribution in [2.45, 2.75) is 6.42 Å². The minimum Gasteiger partial charge on any atom is -0.293 e. The monoisotopic (exact) mass is 375 g/mol. The van der Waals surface area contributed by atoms with Gasteiger partial charge in [0.1, 0.15) is 4.32 Å². The molecule has 0 aliphatic carbocycles. The van der Waals surface area contributed by atoms with Crippen molar-refractivity contribution in [3.05, 3.63) is 88.8 Å². The van der Waals surface area contributed by atoms with Gasteiger partial charge in [-0.15, -0.1) is 0 Å². The lowest BCUT2D eigenvalue weighted by molar-refractivity contribution is -0.122. The molecule has 0 unspecified atom stereocenters. The van der Waals surface area contributed by atoms with Gasteiger partial charge in [0.05, 0.1) is 4.91 Å². The third-order valence-corrected chi connectivity index (χ3v) is 5.83. The third-order valence-electron chi connectivity index (χ3n) is 4.45. The van der Waals surface area contributed by atoms with Gasteiger partial charge in [-0.05, 0) is 34.4 Å². The zero-order chi connectivity index (χ0) is 17.9. The molecule has 26 heavy (non-hydrogen) atoms.